The molecule has 0 bridgehead atoms. The number of aromatic nitrogens is 2. The molecular formula is C12H21N3O. The van der Waals surface area contributed by atoms with E-state index < -0.39 is 0 Å². The molecule has 4 nitrogen and oxygen atoms in total. The van der Waals surface area contributed by atoms with Gasteiger partial charge in [-0.05, 0) is 33.3 Å². The van der Waals surface area contributed by atoms with E-state index >= 15 is 0 Å². The second-order valence-electron chi connectivity index (χ2n) is 4.44. The van der Waals surface area contributed by atoms with Gasteiger partial charge in [-0.2, -0.15) is 5.10 Å². The fraction of sp³-hybridized carbons (Fsp3) is 0.750. The Morgan fingerprint density at radius 3 is 3.06 bits per heavy atom. The van der Waals surface area contributed by atoms with Gasteiger partial charge in [0.1, 0.15) is 0 Å². The lowest BCUT2D eigenvalue weighted by Crippen LogP contribution is -2.34. The normalized spacial score (nSPS) is 25.2. The molecule has 90 valence electrons. The lowest BCUT2D eigenvalue weighted by Gasteiger charge is -2.16. The van der Waals surface area contributed by atoms with E-state index in [0.29, 0.717) is 12.1 Å². The van der Waals surface area contributed by atoms with E-state index in [2.05, 4.69) is 35.0 Å². The van der Waals surface area contributed by atoms with Crippen molar-refractivity contribution in [1.82, 2.24) is 15.1 Å². The van der Waals surface area contributed by atoms with Crippen LogP contribution >= 0.6 is 0 Å². The Balaban J connectivity index is 1.93. The Bertz CT molecular complexity index is 348. The predicted octanol–water partition coefficient (Wildman–Crippen LogP) is 1.48. The highest BCUT2D eigenvalue weighted by molar-refractivity contribution is 5.09. The highest BCUT2D eigenvalue weighted by atomic mass is 16.5. The van der Waals surface area contributed by atoms with Crippen LogP contribution in [0.25, 0.3) is 0 Å². The van der Waals surface area contributed by atoms with Gasteiger partial charge in [0.25, 0.3) is 0 Å². The van der Waals surface area contributed by atoms with E-state index in [9.17, 15) is 0 Å². The minimum atomic E-state index is 0.332. The van der Waals surface area contributed by atoms with E-state index in [1.807, 2.05) is 6.92 Å². The minimum absolute atomic E-state index is 0.332. The Hall–Kier alpha value is -0.870. The zero-order chi connectivity index (χ0) is 11.5. The molecule has 4 heteroatoms. The number of nitrogens with one attached hydrogen (secondary N) is 1. The monoisotopic (exact) mass is 223 g/mol. The average molecular weight is 223 g/mol. The molecule has 2 heterocycles. The summed E-state index contributed by atoms with van der Waals surface area (Å²) in [5.41, 5.74) is 2.36. The number of rotatable bonds is 4. The maximum atomic E-state index is 5.53. The van der Waals surface area contributed by atoms with E-state index in [1.165, 1.54) is 5.69 Å². The van der Waals surface area contributed by atoms with Crippen molar-refractivity contribution in [3.8, 4) is 0 Å². The zero-order valence-corrected chi connectivity index (χ0v) is 10.4. The molecule has 0 aromatic carbocycles. The predicted molar refractivity (Wildman–Crippen MR) is 63.3 cm³/mol. The van der Waals surface area contributed by atoms with E-state index in [1.54, 1.807) is 0 Å². The topological polar surface area (TPSA) is 39.1 Å². The number of aryl methyl sites for hydroxylation is 2. The summed E-state index contributed by atoms with van der Waals surface area (Å²) < 4.78 is 7.59. The summed E-state index contributed by atoms with van der Waals surface area (Å²) in [6.45, 7) is 8.99. The third-order valence-electron chi connectivity index (χ3n) is 3.21. The Morgan fingerprint density at radius 1 is 1.62 bits per heavy atom. The van der Waals surface area contributed by atoms with Crippen molar-refractivity contribution in [2.45, 2.75) is 52.4 Å². The Labute approximate surface area is 97.0 Å². The second kappa shape index (κ2) is 4.97. The summed E-state index contributed by atoms with van der Waals surface area (Å²) in [4.78, 5) is 0. The quantitative estimate of drug-likeness (QED) is 0.840. The van der Waals surface area contributed by atoms with Crippen LogP contribution in [0.15, 0.2) is 6.07 Å². The SMILES string of the molecule is CCn1nc(C)cc1CNC1CCOC1C. The van der Waals surface area contributed by atoms with Crippen LogP contribution in [-0.2, 0) is 17.8 Å². The molecule has 0 saturated carbocycles. The van der Waals surface area contributed by atoms with Gasteiger partial charge in [0, 0.05) is 25.7 Å². The van der Waals surface area contributed by atoms with Gasteiger partial charge in [-0.1, -0.05) is 0 Å². The van der Waals surface area contributed by atoms with Crippen molar-refractivity contribution < 1.29 is 4.74 Å². The molecule has 0 aliphatic carbocycles. The number of hydrogen-bond donors (Lipinski definition) is 1. The van der Waals surface area contributed by atoms with Crippen LogP contribution in [0.3, 0.4) is 0 Å². The van der Waals surface area contributed by atoms with Crippen LogP contribution in [0.2, 0.25) is 0 Å². The zero-order valence-electron chi connectivity index (χ0n) is 10.4. The van der Waals surface area contributed by atoms with Gasteiger partial charge in [0.15, 0.2) is 0 Å². The lowest BCUT2D eigenvalue weighted by atomic mass is 10.1. The van der Waals surface area contributed by atoms with Crippen LogP contribution in [0.4, 0.5) is 0 Å². The van der Waals surface area contributed by atoms with E-state index in [4.69, 9.17) is 4.74 Å². The van der Waals surface area contributed by atoms with Gasteiger partial charge in [0.2, 0.25) is 0 Å². The molecule has 0 amide bonds. The van der Waals surface area contributed by atoms with E-state index in [-0.39, 0.29) is 0 Å². The van der Waals surface area contributed by atoms with Crippen molar-refractivity contribution >= 4 is 0 Å². The molecule has 1 aliphatic heterocycles. The first kappa shape index (κ1) is 11.6. The highest BCUT2D eigenvalue weighted by Gasteiger charge is 2.23. The molecule has 16 heavy (non-hydrogen) atoms. The minimum Gasteiger partial charge on any atom is -0.377 e. The van der Waals surface area contributed by atoms with Crippen molar-refractivity contribution in [2.75, 3.05) is 6.61 Å². The van der Waals surface area contributed by atoms with Crippen LogP contribution < -0.4 is 5.32 Å². The van der Waals surface area contributed by atoms with E-state index in [0.717, 1.165) is 31.8 Å². The van der Waals surface area contributed by atoms with Crippen molar-refractivity contribution in [3.63, 3.8) is 0 Å². The standard InChI is InChI=1S/C12H21N3O/c1-4-15-11(7-9(2)14-15)8-13-12-5-6-16-10(12)3/h7,10,12-13H,4-6,8H2,1-3H3. The van der Waals surface area contributed by atoms with Crippen LogP contribution in [-0.4, -0.2) is 28.5 Å². The maximum absolute atomic E-state index is 5.53. The largest absolute Gasteiger partial charge is 0.377 e. The summed E-state index contributed by atoms with van der Waals surface area (Å²) in [5.74, 6) is 0. The first-order valence-corrected chi connectivity index (χ1v) is 6.09. The highest BCUT2D eigenvalue weighted by Crippen LogP contribution is 2.13. The molecule has 1 aliphatic rings. The van der Waals surface area contributed by atoms with Gasteiger partial charge in [-0.15, -0.1) is 0 Å². The maximum Gasteiger partial charge on any atom is 0.0700 e. The average Bonchev–Trinajstić information content (AvgIpc) is 2.81. The lowest BCUT2D eigenvalue weighted by molar-refractivity contribution is 0.113. The third kappa shape index (κ3) is 2.44. The van der Waals surface area contributed by atoms with Crippen LogP contribution in [0.5, 0.6) is 0 Å². The summed E-state index contributed by atoms with van der Waals surface area (Å²) >= 11 is 0. The smallest absolute Gasteiger partial charge is 0.0700 e. The second-order valence-corrected chi connectivity index (χ2v) is 4.44. The van der Waals surface area contributed by atoms with Crippen molar-refractivity contribution in [1.29, 1.82) is 0 Å². The molecule has 0 radical (unpaired) electrons. The van der Waals surface area contributed by atoms with Crippen molar-refractivity contribution in [2.24, 2.45) is 0 Å². The first-order valence-electron chi connectivity index (χ1n) is 6.09. The summed E-state index contributed by atoms with van der Waals surface area (Å²) in [7, 11) is 0. The molecule has 2 atom stereocenters. The van der Waals surface area contributed by atoms with Crippen LogP contribution in [0.1, 0.15) is 31.7 Å². The number of nitrogens with zero attached hydrogens (tertiary/aromatic N) is 2. The molecular weight excluding hydrogens is 202 g/mol. The molecule has 1 saturated heterocycles. The van der Waals surface area contributed by atoms with Crippen molar-refractivity contribution in [3.05, 3.63) is 17.5 Å². The molecule has 1 fully saturated rings. The molecule has 1 aromatic heterocycles. The fourth-order valence-corrected chi connectivity index (χ4v) is 2.25. The molecule has 1 aromatic rings. The molecule has 2 unspecified atom stereocenters. The van der Waals surface area contributed by atoms with Gasteiger partial charge < -0.3 is 10.1 Å². The third-order valence-corrected chi connectivity index (χ3v) is 3.21. The summed E-state index contributed by atoms with van der Waals surface area (Å²) in [5, 5.41) is 7.99. The van der Waals surface area contributed by atoms with Gasteiger partial charge in [0.05, 0.1) is 17.5 Å². The van der Waals surface area contributed by atoms with Crippen LogP contribution in [0, 0.1) is 6.92 Å². The number of hydrogen-bond acceptors (Lipinski definition) is 3. The Kier molecular flexibility index (Phi) is 3.61. The molecule has 2 rings (SSSR count). The van der Waals surface area contributed by atoms with Gasteiger partial charge >= 0.3 is 0 Å². The fourth-order valence-electron chi connectivity index (χ4n) is 2.25. The molecule has 0 spiro atoms. The summed E-state index contributed by atoms with van der Waals surface area (Å²) in [6, 6.07) is 2.64. The molecule has 1 N–H and O–H groups in total. The first-order chi connectivity index (χ1) is 7.70. The van der Waals surface area contributed by atoms with Gasteiger partial charge in [-0.3, -0.25) is 4.68 Å². The van der Waals surface area contributed by atoms with Gasteiger partial charge in [-0.25, -0.2) is 0 Å². The number of ether oxygens (including phenoxy) is 1. The summed E-state index contributed by atoms with van der Waals surface area (Å²) in [6.07, 6.45) is 1.44. The Morgan fingerprint density at radius 2 is 2.44 bits per heavy atom.